The maximum atomic E-state index is 13.2. The maximum Gasteiger partial charge on any atom is 0.395 e. The Morgan fingerprint density at radius 1 is 1.08 bits per heavy atom. The number of aromatic nitrogens is 3. The number of carbonyl (C=O) groups excluding carboxylic acids is 1. The van der Waals surface area contributed by atoms with Crippen LogP contribution in [0.5, 0.6) is 0 Å². The van der Waals surface area contributed by atoms with E-state index in [1.54, 1.807) is 6.33 Å². The van der Waals surface area contributed by atoms with E-state index in [1.807, 2.05) is 14.5 Å². The van der Waals surface area contributed by atoms with E-state index in [-0.39, 0.29) is 41.8 Å². The lowest BCUT2D eigenvalue weighted by molar-refractivity contribution is -0.226. The Kier molecular flexibility index (Phi) is 3.93. The van der Waals surface area contributed by atoms with Gasteiger partial charge in [0.2, 0.25) is 0 Å². The normalized spacial score (nSPS) is 36.9. The predicted molar refractivity (Wildman–Crippen MR) is 121 cm³/mol. The van der Waals surface area contributed by atoms with Gasteiger partial charge in [0.1, 0.15) is 11.9 Å². The molecule has 2 amide bonds. The fourth-order valence-electron chi connectivity index (χ4n) is 8.07. The van der Waals surface area contributed by atoms with Crippen LogP contribution in [0.2, 0.25) is 0 Å². The van der Waals surface area contributed by atoms with Crippen molar-refractivity contribution in [2.45, 2.75) is 81.1 Å². The topological polar surface area (TPSA) is 86.5 Å². The number of likely N-dealkylation sites (tertiary alicyclic amines) is 2. The number of urea groups is 1. The Morgan fingerprint density at radius 2 is 1.75 bits per heavy atom. The van der Waals surface area contributed by atoms with E-state index in [0.29, 0.717) is 17.8 Å². The smallest absolute Gasteiger partial charge is 0.382 e. The molecule has 8 aliphatic rings. The minimum absolute atomic E-state index is 0.0692. The number of amides is 2. The van der Waals surface area contributed by atoms with E-state index in [2.05, 4.69) is 15.4 Å². The molecule has 1 aromatic rings. The molecular weight excluding hydrogens is 473 g/mol. The van der Waals surface area contributed by atoms with Gasteiger partial charge in [-0.25, -0.2) is 14.5 Å². The number of hydrogen-bond donors (Lipinski definition) is 2. The first kappa shape index (κ1) is 22.1. The zero-order valence-electron chi connectivity index (χ0n) is 20.4. The molecule has 0 atom stereocenters. The van der Waals surface area contributed by atoms with Crippen molar-refractivity contribution < 1.29 is 23.1 Å². The molecule has 6 aliphatic carbocycles. The molecule has 2 aliphatic heterocycles. The fourth-order valence-corrected chi connectivity index (χ4v) is 8.07. The van der Waals surface area contributed by atoms with Gasteiger partial charge in [-0.3, -0.25) is 0 Å². The Balaban J connectivity index is 0.774. The molecule has 9 rings (SSSR count). The molecule has 8 nitrogen and oxygen atoms in total. The summed E-state index contributed by atoms with van der Waals surface area (Å²) in [4.78, 5) is 21.2. The third kappa shape index (κ3) is 2.93. The van der Waals surface area contributed by atoms with Gasteiger partial charge in [-0.15, -0.1) is 0 Å². The van der Waals surface area contributed by atoms with Crippen LogP contribution in [0.1, 0.15) is 69.7 Å². The van der Waals surface area contributed by atoms with Crippen LogP contribution in [0.3, 0.4) is 0 Å². The first-order valence-corrected chi connectivity index (χ1v) is 13.5. The van der Waals surface area contributed by atoms with Crippen LogP contribution in [0, 0.1) is 22.2 Å². The third-order valence-electron chi connectivity index (χ3n) is 11.0. The van der Waals surface area contributed by atoms with Crippen molar-refractivity contribution in [3.8, 4) is 0 Å². The number of alkyl halides is 3. The summed E-state index contributed by atoms with van der Waals surface area (Å²) in [5.41, 5.74) is -1.89. The summed E-state index contributed by atoms with van der Waals surface area (Å²) in [5, 5.41) is 18.0. The molecular formula is C25H33F3N6O2. The Labute approximate surface area is 207 Å². The second kappa shape index (κ2) is 6.39. The monoisotopic (exact) mass is 506 g/mol. The van der Waals surface area contributed by atoms with Crippen LogP contribution in [0.25, 0.3) is 0 Å². The minimum Gasteiger partial charge on any atom is -0.382 e. The van der Waals surface area contributed by atoms with Crippen molar-refractivity contribution in [1.82, 2.24) is 29.9 Å². The van der Waals surface area contributed by atoms with Gasteiger partial charge in [0.25, 0.3) is 0 Å². The number of rotatable bonds is 6. The van der Waals surface area contributed by atoms with E-state index >= 15 is 0 Å². The molecule has 196 valence electrons. The summed E-state index contributed by atoms with van der Waals surface area (Å²) in [6, 6.07) is 0.440. The van der Waals surface area contributed by atoms with Gasteiger partial charge in [0.15, 0.2) is 5.82 Å². The van der Waals surface area contributed by atoms with Gasteiger partial charge in [0.05, 0.1) is 11.5 Å². The summed E-state index contributed by atoms with van der Waals surface area (Å²) < 4.78 is 41.5. The van der Waals surface area contributed by atoms with Gasteiger partial charge >= 0.3 is 12.2 Å². The zero-order chi connectivity index (χ0) is 24.8. The summed E-state index contributed by atoms with van der Waals surface area (Å²) in [5.74, 6) is 1.04. The van der Waals surface area contributed by atoms with Crippen LogP contribution >= 0.6 is 0 Å². The molecule has 36 heavy (non-hydrogen) atoms. The molecule has 0 radical (unpaired) electrons. The van der Waals surface area contributed by atoms with Crippen molar-refractivity contribution in [2.24, 2.45) is 22.2 Å². The lowest BCUT2D eigenvalue weighted by atomic mass is 9.35. The highest BCUT2D eigenvalue weighted by atomic mass is 19.4. The Hall–Kier alpha value is -1.88. The molecule has 6 saturated carbocycles. The molecule has 3 heterocycles. The average Bonchev–Trinajstić information content (AvgIpc) is 3.56. The predicted octanol–water partition coefficient (Wildman–Crippen LogP) is 2.80. The SMILES string of the molecule is O=C(N1CC(C23CC(NCC4(C(F)(F)F)CC4)(C2)C3)C1)N1CC2(CC(n3cnc(C4(O)CC4)n3)C2)C1. The van der Waals surface area contributed by atoms with Crippen molar-refractivity contribution >= 4 is 6.03 Å². The third-order valence-corrected chi connectivity index (χ3v) is 11.0. The number of aliphatic hydroxyl groups is 1. The molecule has 11 heteroatoms. The number of nitrogens with zero attached hydrogens (tertiary/aromatic N) is 5. The molecule has 2 saturated heterocycles. The van der Waals surface area contributed by atoms with Gasteiger partial charge in [-0.05, 0) is 63.2 Å². The highest BCUT2D eigenvalue weighted by Crippen LogP contribution is 2.72. The molecule has 2 N–H and O–H groups in total. The second-order valence-corrected chi connectivity index (χ2v) is 13.7. The molecule has 0 unspecified atom stereocenters. The zero-order valence-corrected chi connectivity index (χ0v) is 20.4. The van der Waals surface area contributed by atoms with E-state index in [9.17, 15) is 23.1 Å². The minimum atomic E-state index is -4.09. The first-order valence-electron chi connectivity index (χ1n) is 13.5. The van der Waals surface area contributed by atoms with Crippen LogP contribution in [-0.4, -0.2) is 80.1 Å². The summed E-state index contributed by atoms with van der Waals surface area (Å²) in [7, 11) is 0. The quantitative estimate of drug-likeness (QED) is 0.620. The Bertz CT molecular complexity index is 1100. The lowest BCUT2D eigenvalue weighted by Gasteiger charge is -2.76. The van der Waals surface area contributed by atoms with E-state index in [4.69, 9.17) is 0 Å². The lowest BCUT2D eigenvalue weighted by Crippen LogP contribution is -2.80. The highest BCUT2D eigenvalue weighted by Gasteiger charge is 2.73. The number of halogens is 3. The molecule has 8 fully saturated rings. The maximum absolute atomic E-state index is 13.2. The van der Waals surface area contributed by atoms with Gasteiger partial charge in [0, 0.05) is 49.6 Å². The number of nitrogens with one attached hydrogen (secondary N) is 1. The summed E-state index contributed by atoms with van der Waals surface area (Å²) >= 11 is 0. The van der Waals surface area contributed by atoms with Gasteiger partial charge in [-0.2, -0.15) is 18.3 Å². The molecule has 2 bridgehead atoms. The number of hydrogen-bond acceptors (Lipinski definition) is 5. The van der Waals surface area contributed by atoms with Crippen LogP contribution in [-0.2, 0) is 5.60 Å². The first-order chi connectivity index (χ1) is 17.0. The van der Waals surface area contributed by atoms with E-state index in [0.717, 1.165) is 71.1 Å². The van der Waals surface area contributed by atoms with Crippen LogP contribution in [0.4, 0.5) is 18.0 Å². The van der Waals surface area contributed by atoms with E-state index < -0.39 is 17.2 Å². The van der Waals surface area contributed by atoms with Crippen molar-refractivity contribution in [1.29, 1.82) is 0 Å². The van der Waals surface area contributed by atoms with E-state index in [1.165, 1.54) is 0 Å². The van der Waals surface area contributed by atoms with Crippen LogP contribution in [0.15, 0.2) is 6.33 Å². The summed E-state index contributed by atoms with van der Waals surface area (Å²) in [6.45, 7) is 3.25. The standard InChI is InChI=1S/C25H33F3N6O2/c26-25(27,28)22(1-2-22)12-30-23-9-21(10-23,11-23)16-7-32(8-16)19(35)33-13-20(14-33)5-17(6-20)34-15-29-18(31-34)24(36)3-4-24/h15-17,30,36H,1-14H2. The fraction of sp³-hybridized carbons (Fsp3) is 0.880. The average molecular weight is 507 g/mol. The molecule has 0 aromatic carbocycles. The Morgan fingerprint density at radius 3 is 2.33 bits per heavy atom. The van der Waals surface area contributed by atoms with Crippen molar-refractivity contribution in [3.05, 3.63) is 12.2 Å². The highest BCUT2D eigenvalue weighted by molar-refractivity contribution is 5.76. The largest absolute Gasteiger partial charge is 0.395 e. The summed E-state index contributed by atoms with van der Waals surface area (Å²) in [6.07, 6.45) is 4.53. The molecule has 1 spiro atoms. The van der Waals surface area contributed by atoms with Crippen molar-refractivity contribution in [3.63, 3.8) is 0 Å². The van der Waals surface area contributed by atoms with Crippen LogP contribution < -0.4 is 5.32 Å². The van der Waals surface area contributed by atoms with Gasteiger partial charge in [-0.1, -0.05) is 0 Å². The number of carbonyl (C=O) groups is 1. The van der Waals surface area contributed by atoms with Gasteiger partial charge < -0.3 is 20.2 Å². The second-order valence-electron chi connectivity index (χ2n) is 13.7. The van der Waals surface area contributed by atoms with Crippen molar-refractivity contribution in [2.75, 3.05) is 32.7 Å². The molecule has 1 aromatic heterocycles.